The summed E-state index contributed by atoms with van der Waals surface area (Å²) in [6.45, 7) is 0. The first-order chi connectivity index (χ1) is 9.66. The number of carbonyl (C=O) groups is 1. The van der Waals surface area contributed by atoms with Crippen LogP contribution in [-0.2, 0) is 4.79 Å². The van der Waals surface area contributed by atoms with Crippen molar-refractivity contribution >= 4 is 46.3 Å². The number of amides is 1. The molecule has 1 saturated heterocycles. The number of halogens is 1. The normalized spacial score (nSPS) is 16.9. The fourth-order valence-electron chi connectivity index (χ4n) is 1.91. The van der Waals surface area contributed by atoms with E-state index in [1.807, 2.05) is 16.8 Å². The van der Waals surface area contributed by atoms with Crippen LogP contribution >= 0.6 is 23.6 Å². The number of hydrogen-bond acceptors (Lipinski definition) is 3. The van der Waals surface area contributed by atoms with Crippen LogP contribution < -0.4 is 10.2 Å². The highest BCUT2D eigenvalue weighted by Gasteiger charge is 2.33. The summed E-state index contributed by atoms with van der Waals surface area (Å²) in [6, 6.07) is 7.94. The summed E-state index contributed by atoms with van der Waals surface area (Å²) in [5.41, 5.74) is 1.41. The standard InChI is InChI=1S/C14H9FN2OS2/c15-10-3-1-2-4-12(10)17-13(18)11(16-14(17)19)7-9-5-6-20-8-9/h1-8H,(H,16,19)/b11-7+. The Labute approximate surface area is 124 Å². The summed E-state index contributed by atoms with van der Waals surface area (Å²) in [5, 5.41) is 6.84. The van der Waals surface area contributed by atoms with Crippen molar-refractivity contribution in [3.8, 4) is 0 Å². The van der Waals surface area contributed by atoms with Crippen molar-refractivity contribution in [2.45, 2.75) is 0 Å². The van der Waals surface area contributed by atoms with Gasteiger partial charge in [0.1, 0.15) is 11.5 Å². The molecule has 1 aliphatic rings. The lowest BCUT2D eigenvalue weighted by Gasteiger charge is -2.14. The Bertz CT molecular complexity index is 710. The number of para-hydroxylation sites is 1. The molecule has 2 aromatic rings. The maximum atomic E-state index is 13.8. The number of nitrogens with one attached hydrogen (secondary N) is 1. The molecule has 1 aromatic carbocycles. The summed E-state index contributed by atoms with van der Waals surface area (Å²) in [6.07, 6.45) is 1.70. The molecule has 100 valence electrons. The van der Waals surface area contributed by atoms with E-state index >= 15 is 0 Å². The highest BCUT2D eigenvalue weighted by Crippen LogP contribution is 2.25. The molecule has 1 N–H and O–H groups in total. The summed E-state index contributed by atoms with van der Waals surface area (Å²) in [5.74, 6) is -0.840. The number of thiocarbonyl (C=S) groups is 1. The number of anilines is 1. The highest BCUT2D eigenvalue weighted by molar-refractivity contribution is 7.80. The van der Waals surface area contributed by atoms with Gasteiger partial charge in [-0.1, -0.05) is 12.1 Å². The zero-order valence-corrected chi connectivity index (χ0v) is 11.8. The van der Waals surface area contributed by atoms with Crippen LogP contribution in [0.15, 0.2) is 46.8 Å². The van der Waals surface area contributed by atoms with Gasteiger partial charge < -0.3 is 5.32 Å². The smallest absolute Gasteiger partial charge is 0.281 e. The number of nitrogens with zero attached hydrogens (tertiary/aromatic N) is 1. The molecule has 0 aliphatic carbocycles. The third-order valence-electron chi connectivity index (χ3n) is 2.83. The zero-order valence-electron chi connectivity index (χ0n) is 10.2. The minimum Gasteiger partial charge on any atom is -0.327 e. The number of rotatable bonds is 2. The summed E-state index contributed by atoms with van der Waals surface area (Å²) < 4.78 is 13.8. The van der Waals surface area contributed by atoms with Crippen LogP contribution in [0.5, 0.6) is 0 Å². The molecule has 0 bridgehead atoms. The Hall–Kier alpha value is -2.05. The lowest BCUT2D eigenvalue weighted by Crippen LogP contribution is -2.31. The topological polar surface area (TPSA) is 32.3 Å². The van der Waals surface area contributed by atoms with Crippen molar-refractivity contribution in [3.05, 3.63) is 58.2 Å². The molecule has 0 radical (unpaired) electrons. The third-order valence-corrected chi connectivity index (χ3v) is 3.81. The van der Waals surface area contributed by atoms with Crippen LogP contribution in [0, 0.1) is 5.82 Å². The maximum absolute atomic E-state index is 13.8. The molecular weight excluding hydrogens is 295 g/mol. The summed E-state index contributed by atoms with van der Waals surface area (Å²) in [4.78, 5) is 13.5. The van der Waals surface area contributed by atoms with Crippen molar-refractivity contribution in [1.82, 2.24) is 5.32 Å². The zero-order chi connectivity index (χ0) is 14.1. The van der Waals surface area contributed by atoms with Gasteiger partial charge in [-0.3, -0.25) is 4.79 Å². The lowest BCUT2D eigenvalue weighted by molar-refractivity contribution is -0.113. The van der Waals surface area contributed by atoms with Gasteiger partial charge in [0.25, 0.3) is 5.91 Å². The predicted octanol–water partition coefficient (Wildman–Crippen LogP) is 3.15. The van der Waals surface area contributed by atoms with Gasteiger partial charge in [0, 0.05) is 0 Å². The van der Waals surface area contributed by atoms with Crippen LogP contribution in [0.1, 0.15) is 5.56 Å². The second-order valence-corrected chi connectivity index (χ2v) is 5.30. The molecule has 3 rings (SSSR count). The minimum absolute atomic E-state index is 0.156. The van der Waals surface area contributed by atoms with Crippen molar-refractivity contribution in [2.24, 2.45) is 0 Å². The summed E-state index contributed by atoms with van der Waals surface area (Å²) in [7, 11) is 0. The lowest BCUT2D eigenvalue weighted by atomic mass is 10.2. The van der Waals surface area contributed by atoms with Gasteiger partial charge in [-0.25, -0.2) is 9.29 Å². The monoisotopic (exact) mass is 304 g/mol. The summed E-state index contributed by atoms with van der Waals surface area (Å²) >= 11 is 6.66. The molecule has 0 unspecified atom stereocenters. The third kappa shape index (κ3) is 2.23. The van der Waals surface area contributed by atoms with Crippen LogP contribution in [0.25, 0.3) is 6.08 Å². The molecule has 1 fully saturated rings. The van der Waals surface area contributed by atoms with Gasteiger partial charge >= 0.3 is 0 Å². The molecule has 0 saturated carbocycles. The maximum Gasteiger partial charge on any atom is 0.281 e. The van der Waals surface area contributed by atoms with Crippen LogP contribution in [0.4, 0.5) is 10.1 Å². The number of thiophene rings is 1. The molecule has 0 spiro atoms. The molecule has 6 heteroatoms. The largest absolute Gasteiger partial charge is 0.327 e. The van der Waals surface area contributed by atoms with E-state index in [2.05, 4.69) is 5.32 Å². The Morgan fingerprint density at radius 1 is 1.30 bits per heavy atom. The Morgan fingerprint density at radius 3 is 2.80 bits per heavy atom. The van der Waals surface area contributed by atoms with Crippen LogP contribution in [0.2, 0.25) is 0 Å². The van der Waals surface area contributed by atoms with E-state index in [4.69, 9.17) is 12.2 Å². The average molecular weight is 304 g/mol. The first-order valence-corrected chi connectivity index (χ1v) is 7.16. The SMILES string of the molecule is O=C1/C(=C\c2ccsc2)NC(=S)N1c1ccccc1F. The van der Waals surface area contributed by atoms with Crippen molar-refractivity contribution in [2.75, 3.05) is 4.90 Å². The van der Waals surface area contributed by atoms with E-state index in [1.165, 1.54) is 28.4 Å². The molecular formula is C14H9FN2OS2. The Balaban J connectivity index is 1.98. The number of hydrogen-bond donors (Lipinski definition) is 1. The number of carbonyl (C=O) groups excluding carboxylic acids is 1. The van der Waals surface area contributed by atoms with Crippen molar-refractivity contribution in [3.63, 3.8) is 0 Å². The highest BCUT2D eigenvalue weighted by atomic mass is 32.1. The number of benzene rings is 1. The van der Waals surface area contributed by atoms with E-state index in [0.717, 1.165) is 5.56 Å². The van der Waals surface area contributed by atoms with E-state index < -0.39 is 5.82 Å². The van der Waals surface area contributed by atoms with Gasteiger partial charge in [0.15, 0.2) is 5.11 Å². The van der Waals surface area contributed by atoms with E-state index in [9.17, 15) is 9.18 Å². The first-order valence-electron chi connectivity index (χ1n) is 5.80. The quantitative estimate of drug-likeness (QED) is 0.683. The average Bonchev–Trinajstić information content (AvgIpc) is 3.01. The van der Waals surface area contributed by atoms with Gasteiger partial charge in [-0.2, -0.15) is 11.3 Å². The van der Waals surface area contributed by atoms with E-state index in [0.29, 0.717) is 5.70 Å². The predicted molar refractivity (Wildman–Crippen MR) is 81.9 cm³/mol. The molecule has 2 heterocycles. The van der Waals surface area contributed by atoms with Crippen molar-refractivity contribution < 1.29 is 9.18 Å². The minimum atomic E-state index is -0.484. The van der Waals surface area contributed by atoms with Gasteiger partial charge in [0.05, 0.1) is 5.69 Å². The molecule has 20 heavy (non-hydrogen) atoms. The second kappa shape index (κ2) is 5.15. The van der Waals surface area contributed by atoms with Crippen LogP contribution in [-0.4, -0.2) is 11.0 Å². The van der Waals surface area contributed by atoms with Gasteiger partial charge in [0.2, 0.25) is 0 Å². The molecule has 1 aromatic heterocycles. The second-order valence-electron chi connectivity index (χ2n) is 4.14. The van der Waals surface area contributed by atoms with Gasteiger partial charge in [-0.05, 0) is 52.8 Å². The Kier molecular flexibility index (Phi) is 3.33. The molecule has 0 atom stereocenters. The van der Waals surface area contributed by atoms with E-state index in [1.54, 1.807) is 18.2 Å². The molecule has 1 aliphatic heterocycles. The Morgan fingerprint density at radius 2 is 2.10 bits per heavy atom. The first kappa shape index (κ1) is 13.0. The van der Waals surface area contributed by atoms with Crippen molar-refractivity contribution in [1.29, 1.82) is 0 Å². The fraction of sp³-hybridized carbons (Fsp3) is 0. The van der Waals surface area contributed by atoms with E-state index in [-0.39, 0.29) is 16.7 Å². The van der Waals surface area contributed by atoms with Gasteiger partial charge in [-0.15, -0.1) is 0 Å². The fourth-order valence-corrected chi connectivity index (χ4v) is 2.82. The van der Waals surface area contributed by atoms with Crippen LogP contribution in [0.3, 0.4) is 0 Å². The molecule has 3 nitrogen and oxygen atoms in total. The molecule has 1 amide bonds.